The van der Waals surface area contributed by atoms with Crippen molar-refractivity contribution in [1.82, 2.24) is 14.4 Å². The van der Waals surface area contributed by atoms with Crippen molar-refractivity contribution < 1.29 is 14.3 Å². The number of aromatic nitrogens is 1. The van der Waals surface area contributed by atoms with E-state index in [0.717, 1.165) is 69.0 Å². The van der Waals surface area contributed by atoms with Gasteiger partial charge in [0.2, 0.25) is 12.7 Å². The fraction of sp³-hybridized carbons (Fsp3) is 0.444. The number of carbonyl (C=O) groups excluding carboxylic acids is 1. The largest absolute Gasteiger partial charge is 0.454 e. The molecule has 2 aromatic carbocycles. The molecule has 0 amide bonds. The van der Waals surface area contributed by atoms with Crippen LogP contribution in [0.15, 0.2) is 42.5 Å². The fourth-order valence-electron chi connectivity index (χ4n) is 5.63. The van der Waals surface area contributed by atoms with Gasteiger partial charge in [0.05, 0.1) is 12.1 Å². The Hall–Kier alpha value is -2.83. The number of ether oxygens (including phenoxy) is 2. The van der Waals surface area contributed by atoms with Crippen molar-refractivity contribution in [3.8, 4) is 11.5 Å². The average Bonchev–Trinajstić information content (AvgIpc) is 3.42. The van der Waals surface area contributed by atoms with Crippen LogP contribution in [0.5, 0.6) is 11.5 Å². The Morgan fingerprint density at radius 2 is 1.79 bits per heavy atom. The number of piperazine rings is 1. The summed E-state index contributed by atoms with van der Waals surface area (Å²) in [6.45, 7) is 7.76. The van der Waals surface area contributed by atoms with Crippen LogP contribution in [-0.2, 0) is 19.4 Å². The third kappa shape index (κ3) is 3.91. The van der Waals surface area contributed by atoms with Gasteiger partial charge in [0.1, 0.15) is 0 Å². The van der Waals surface area contributed by atoms with Crippen LogP contribution in [0, 0.1) is 5.92 Å². The maximum absolute atomic E-state index is 13.5. The molecule has 0 radical (unpaired) electrons. The van der Waals surface area contributed by atoms with Crippen LogP contribution in [0.2, 0.25) is 0 Å². The minimum atomic E-state index is 0.214. The summed E-state index contributed by atoms with van der Waals surface area (Å²) < 4.78 is 13.0. The smallest absolute Gasteiger partial charge is 0.245 e. The lowest BCUT2D eigenvalue weighted by atomic mass is 9.88. The SMILES string of the molecule is CC1CCc2c(c3ccccc3n2C(=O)CN2CCN(Cc3ccc4c(c3)OCO4)CC2)C1. The molecule has 2 aliphatic heterocycles. The van der Waals surface area contributed by atoms with Crippen LogP contribution in [0.3, 0.4) is 0 Å². The third-order valence-electron chi connectivity index (χ3n) is 7.43. The van der Waals surface area contributed by atoms with Gasteiger partial charge in [0.15, 0.2) is 11.5 Å². The van der Waals surface area contributed by atoms with E-state index in [2.05, 4.69) is 53.1 Å². The molecule has 1 aromatic heterocycles. The van der Waals surface area contributed by atoms with Crippen molar-refractivity contribution in [2.24, 2.45) is 5.92 Å². The predicted molar refractivity (Wildman–Crippen MR) is 128 cm³/mol. The highest BCUT2D eigenvalue weighted by Crippen LogP contribution is 2.35. The van der Waals surface area contributed by atoms with Gasteiger partial charge in [-0.05, 0) is 54.5 Å². The maximum atomic E-state index is 13.5. The van der Waals surface area contributed by atoms with Gasteiger partial charge in [0.25, 0.3) is 0 Å². The van der Waals surface area contributed by atoms with Crippen LogP contribution in [0.4, 0.5) is 0 Å². The predicted octanol–water partition coefficient (Wildman–Crippen LogP) is 3.95. The standard InChI is InChI=1S/C27H31N3O3/c1-19-6-8-24-22(14-19)21-4-2-3-5-23(21)30(24)27(31)17-29-12-10-28(11-13-29)16-20-7-9-25-26(15-20)33-18-32-25/h2-5,7,9,15,19H,6,8,10-14,16-18H2,1H3. The van der Waals surface area contributed by atoms with Crippen LogP contribution < -0.4 is 9.47 Å². The molecule has 3 heterocycles. The van der Waals surface area contributed by atoms with E-state index in [-0.39, 0.29) is 5.91 Å². The maximum Gasteiger partial charge on any atom is 0.245 e. The lowest BCUT2D eigenvalue weighted by Crippen LogP contribution is -2.48. The summed E-state index contributed by atoms with van der Waals surface area (Å²) in [5.74, 6) is 2.57. The molecule has 1 aliphatic carbocycles. The molecule has 6 rings (SSSR count). The number of para-hydroxylation sites is 1. The van der Waals surface area contributed by atoms with Crippen LogP contribution in [0.25, 0.3) is 10.9 Å². The molecule has 0 N–H and O–H groups in total. The molecule has 1 unspecified atom stereocenters. The molecule has 1 saturated heterocycles. The van der Waals surface area contributed by atoms with Gasteiger partial charge in [-0.3, -0.25) is 19.2 Å². The van der Waals surface area contributed by atoms with Crippen molar-refractivity contribution in [3.05, 3.63) is 59.3 Å². The molecule has 33 heavy (non-hydrogen) atoms. The quantitative estimate of drug-likeness (QED) is 0.609. The topological polar surface area (TPSA) is 46.9 Å². The first kappa shape index (κ1) is 20.8. The highest BCUT2D eigenvalue weighted by Gasteiger charge is 2.27. The summed E-state index contributed by atoms with van der Waals surface area (Å²) in [4.78, 5) is 18.3. The van der Waals surface area contributed by atoms with Crippen LogP contribution in [0.1, 0.15) is 35.0 Å². The van der Waals surface area contributed by atoms with Crippen LogP contribution >= 0.6 is 0 Å². The Balaban J connectivity index is 1.12. The van der Waals surface area contributed by atoms with E-state index in [1.165, 1.54) is 22.2 Å². The Kier molecular flexibility index (Phi) is 5.35. The van der Waals surface area contributed by atoms with Gasteiger partial charge in [-0.1, -0.05) is 31.2 Å². The number of fused-ring (bicyclic) bond motifs is 4. The molecular weight excluding hydrogens is 414 g/mol. The van der Waals surface area contributed by atoms with Gasteiger partial charge >= 0.3 is 0 Å². The molecule has 6 nitrogen and oxygen atoms in total. The second-order valence-corrected chi connectivity index (χ2v) is 9.76. The fourth-order valence-corrected chi connectivity index (χ4v) is 5.63. The summed E-state index contributed by atoms with van der Waals surface area (Å²) in [5, 5.41) is 1.26. The number of rotatable bonds is 4. The zero-order chi connectivity index (χ0) is 22.4. The van der Waals surface area contributed by atoms with Crippen molar-refractivity contribution >= 4 is 16.8 Å². The molecule has 1 fully saturated rings. The summed E-state index contributed by atoms with van der Waals surface area (Å²) in [6, 6.07) is 14.6. The zero-order valence-corrected chi connectivity index (χ0v) is 19.3. The van der Waals surface area contributed by atoms with Gasteiger partial charge in [0, 0.05) is 43.8 Å². The summed E-state index contributed by atoms with van der Waals surface area (Å²) in [6.07, 6.45) is 3.24. The molecular formula is C27H31N3O3. The average molecular weight is 446 g/mol. The Labute approximate surface area is 194 Å². The van der Waals surface area contributed by atoms with Gasteiger partial charge < -0.3 is 9.47 Å². The highest BCUT2D eigenvalue weighted by molar-refractivity contribution is 5.97. The summed E-state index contributed by atoms with van der Waals surface area (Å²) in [7, 11) is 0. The molecule has 3 aliphatic rings. The van der Waals surface area contributed by atoms with E-state index in [0.29, 0.717) is 19.3 Å². The number of hydrogen-bond acceptors (Lipinski definition) is 5. The molecule has 0 saturated carbocycles. The monoisotopic (exact) mass is 445 g/mol. The molecule has 0 bridgehead atoms. The molecule has 1 atom stereocenters. The summed E-state index contributed by atoms with van der Waals surface area (Å²) >= 11 is 0. The normalized spacial score (nSPS) is 20.8. The lowest BCUT2D eigenvalue weighted by molar-refractivity contribution is 0.0768. The number of benzene rings is 2. The third-order valence-corrected chi connectivity index (χ3v) is 7.43. The van der Waals surface area contributed by atoms with Crippen molar-refractivity contribution in [3.63, 3.8) is 0 Å². The number of hydrogen-bond donors (Lipinski definition) is 0. The Morgan fingerprint density at radius 1 is 1.00 bits per heavy atom. The lowest BCUT2D eigenvalue weighted by Gasteiger charge is -2.34. The Morgan fingerprint density at radius 3 is 2.67 bits per heavy atom. The first-order chi connectivity index (χ1) is 16.2. The van der Waals surface area contributed by atoms with Crippen molar-refractivity contribution in [2.75, 3.05) is 39.5 Å². The van der Waals surface area contributed by atoms with E-state index < -0.39 is 0 Å². The minimum Gasteiger partial charge on any atom is -0.454 e. The Bertz CT molecular complexity index is 1190. The first-order valence-corrected chi connectivity index (χ1v) is 12.1. The van der Waals surface area contributed by atoms with Gasteiger partial charge in [-0.25, -0.2) is 0 Å². The minimum absolute atomic E-state index is 0.214. The van der Waals surface area contributed by atoms with E-state index in [1.54, 1.807) is 0 Å². The molecule has 172 valence electrons. The summed E-state index contributed by atoms with van der Waals surface area (Å²) in [5.41, 5.74) is 4.97. The van der Waals surface area contributed by atoms with Gasteiger partial charge in [-0.2, -0.15) is 0 Å². The van der Waals surface area contributed by atoms with E-state index in [4.69, 9.17) is 9.47 Å². The van der Waals surface area contributed by atoms with Crippen LogP contribution in [-0.4, -0.2) is 59.8 Å². The van der Waals surface area contributed by atoms with Crippen molar-refractivity contribution in [2.45, 2.75) is 32.7 Å². The molecule has 0 spiro atoms. The molecule has 3 aromatic rings. The second-order valence-electron chi connectivity index (χ2n) is 9.76. The number of nitrogens with zero attached hydrogens (tertiary/aromatic N) is 3. The van der Waals surface area contributed by atoms with E-state index >= 15 is 0 Å². The second kappa shape index (κ2) is 8.50. The van der Waals surface area contributed by atoms with E-state index in [1.807, 2.05) is 10.6 Å². The van der Waals surface area contributed by atoms with E-state index in [9.17, 15) is 4.79 Å². The van der Waals surface area contributed by atoms with Gasteiger partial charge in [-0.15, -0.1) is 0 Å². The van der Waals surface area contributed by atoms with Crippen molar-refractivity contribution in [1.29, 1.82) is 0 Å². The molecule has 6 heteroatoms. The first-order valence-electron chi connectivity index (χ1n) is 12.1. The zero-order valence-electron chi connectivity index (χ0n) is 19.3. The highest BCUT2D eigenvalue weighted by atomic mass is 16.7. The number of carbonyl (C=O) groups is 1.